The number of hydrogen-bond donors (Lipinski definition) is 0. The van der Waals surface area contributed by atoms with E-state index in [1.165, 1.54) is 6.07 Å². The van der Waals surface area contributed by atoms with Gasteiger partial charge in [0, 0.05) is 23.9 Å². The Hall–Kier alpha value is -3.42. The number of benzene rings is 2. The normalized spacial score (nSPS) is 12.8. The van der Waals surface area contributed by atoms with Gasteiger partial charge in [-0.25, -0.2) is 4.79 Å². The Morgan fingerprint density at radius 2 is 1.86 bits per heavy atom. The molecule has 37 heavy (non-hydrogen) atoms. The molecule has 200 valence electrons. The topological polar surface area (TPSA) is 57.9 Å². The minimum atomic E-state index is -4.83. The minimum Gasteiger partial charge on any atom is -0.490 e. The Labute approximate surface area is 215 Å². The third-order valence-electron chi connectivity index (χ3n) is 5.76. The van der Waals surface area contributed by atoms with Crippen LogP contribution in [0.1, 0.15) is 58.9 Å². The van der Waals surface area contributed by atoms with E-state index < -0.39 is 17.9 Å². The molecule has 0 radical (unpaired) electrons. The van der Waals surface area contributed by atoms with Crippen molar-refractivity contribution in [3.8, 4) is 22.8 Å². The molecule has 1 aromatic heterocycles. The van der Waals surface area contributed by atoms with Crippen molar-refractivity contribution in [3.63, 3.8) is 0 Å². The van der Waals surface area contributed by atoms with Crippen molar-refractivity contribution in [2.45, 2.75) is 77.9 Å². The second-order valence-electron chi connectivity index (χ2n) is 9.66. The van der Waals surface area contributed by atoms with E-state index in [2.05, 4.69) is 18.2 Å². The maximum absolute atomic E-state index is 13.2. The number of alkyl halides is 3. The molecule has 3 aromatic rings. The molecule has 8 heteroatoms. The quantitative estimate of drug-likeness (QED) is 0.137. The average molecular weight is 519 g/mol. The molecule has 0 aliphatic heterocycles. The van der Waals surface area contributed by atoms with E-state index in [-0.39, 0.29) is 23.2 Å². The van der Waals surface area contributed by atoms with Crippen LogP contribution in [0.2, 0.25) is 0 Å². The third kappa shape index (κ3) is 8.30. The Morgan fingerprint density at radius 3 is 2.54 bits per heavy atom. The first-order valence-corrected chi connectivity index (χ1v) is 12.3. The lowest BCUT2D eigenvalue weighted by Gasteiger charge is -2.28. The van der Waals surface area contributed by atoms with Crippen LogP contribution in [0.25, 0.3) is 22.3 Å². The van der Waals surface area contributed by atoms with Crippen molar-refractivity contribution in [3.05, 3.63) is 60.7 Å². The van der Waals surface area contributed by atoms with Gasteiger partial charge in [-0.2, -0.15) is 0 Å². The smallest absolute Gasteiger partial charge is 0.490 e. The van der Waals surface area contributed by atoms with Gasteiger partial charge in [-0.05, 0) is 69.5 Å². The van der Waals surface area contributed by atoms with Crippen LogP contribution in [-0.2, 0) is 16.0 Å². The Balaban J connectivity index is 1.82. The molecule has 0 amide bonds. The molecule has 0 fully saturated rings. The van der Waals surface area contributed by atoms with Gasteiger partial charge >= 0.3 is 12.3 Å². The second-order valence-corrected chi connectivity index (χ2v) is 9.66. The number of unbranched alkanes of at least 4 members (excludes halogenated alkanes) is 2. The Bertz CT molecular complexity index is 1230. The summed E-state index contributed by atoms with van der Waals surface area (Å²) in [5.74, 6) is -0.0200. The van der Waals surface area contributed by atoms with Crippen LogP contribution >= 0.6 is 0 Å². The fourth-order valence-corrected chi connectivity index (χ4v) is 4.25. The predicted molar refractivity (Wildman–Crippen MR) is 137 cm³/mol. The maximum Gasteiger partial charge on any atom is 0.573 e. The molecule has 0 saturated heterocycles. The van der Waals surface area contributed by atoms with Gasteiger partial charge in [0.1, 0.15) is 28.4 Å². The lowest BCUT2D eigenvalue weighted by Crippen LogP contribution is -2.33. The third-order valence-corrected chi connectivity index (χ3v) is 5.76. The van der Waals surface area contributed by atoms with Crippen molar-refractivity contribution in [2.75, 3.05) is 0 Å². The van der Waals surface area contributed by atoms with Crippen molar-refractivity contribution in [1.82, 2.24) is 0 Å². The van der Waals surface area contributed by atoms with E-state index in [9.17, 15) is 18.0 Å². The number of furan rings is 1. The molecule has 3 rings (SSSR count). The van der Waals surface area contributed by atoms with Gasteiger partial charge in [0.05, 0.1) is 11.7 Å². The number of esters is 1. The zero-order valence-corrected chi connectivity index (χ0v) is 21.6. The van der Waals surface area contributed by atoms with Gasteiger partial charge in [-0.1, -0.05) is 32.4 Å². The summed E-state index contributed by atoms with van der Waals surface area (Å²) in [5, 5.41) is 0.709. The summed E-state index contributed by atoms with van der Waals surface area (Å²) in [6, 6.07) is 11.7. The number of ether oxygens (including phenoxy) is 3. The molecular formula is C29H33F3O5. The lowest BCUT2D eigenvalue weighted by molar-refractivity contribution is -0.274. The number of carbonyl (C=O) groups excluding carboxylic acids is 1. The molecule has 0 spiro atoms. The summed E-state index contributed by atoms with van der Waals surface area (Å²) in [4.78, 5) is 11.5. The van der Waals surface area contributed by atoms with E-state index in [0.29, 0.717) is 29.6 Å². The number of aryl methyl sites for hydroxylation is 1. The first kappa shape index (κ1) is 28.2. The molecule has 0 bridgehead atoms. The number of hydrogen-bond acceptors (Lipinski definition) is 5. The molecule has 1 heterocycles. The summed E-state index contributed by atoms with van der Waals surface area (Å²) in [6.45, 7) is 10.9. The highest BCUT2D eigenvalue weighted by molar-refractivity contribution is 5.85. The number of rotatable bonds is 12. The first-order chi connectivity index (χ1) is 17.4. The van der Waals surface area contributed by atoms with Crippen LogP contribution < -0.4 is 9.47 Å². The highest BCUT2D eigenvalue weighted by atomic mass is 19.4. The zero-order valence-electron chi connectivity index (χ0n) is 21.6. The summed E-state index contributed by atoms with van der Waals surface area (Å²) in [6.07, 6.45) is -0.00131. The molecule has 0 aliphatic rings. The molecular weight excluding hydrogens is 485 g/mol. The molecule has 0 aliphatic carbocycles. The number of halogens is 3. The van der Waals surface area contributed by atoms with Gasteiger partial charge in [0.25, 0.3) is 0 Å². The van der Waals surface area contributed by atoms with Crippen molar-refractivity contribution in [1.29, 1.82) is 0 Å². The summed E-state index contributed by atoms with van der Waals surface area (Å²) in [5.41, 5.74) is 0.694. The molecule has 0 saturated carbocycles. The van der Waals surface area contributed by atoms with Crippen LogP contribution in [0.3, 0.4) is 0 Å². The molecule has 5 nitrogen and oxygen atoms in total. The molecule has 2 aromatic carbocycles. The summed E-state index contributed by atoms with van der Waals surface area (Å²) >= 11 is 0. The van der Waals surface area contributed by atoms with E-state index in [1.807, 2.05) is 6.92 Å². The molecule has 1 atom stereocenters. The van der Waals surface area contributed by atoms with Gasteiger partial charge in [-0.3, -0.25) is 0 Å². The van der Waals surface area contributed by atoms with Crippen LogP contribution in [-0.4, -0.2) is 24.0 Å². The van der Waals surface area contributed by atoms with Gasteiger partial charge in [-0.15, -0.1) is 13.2 Å². The fourth-order valence-electron chi connectivity index (χ4n) is 4.25. The standard InChI is InChI=1S/C29H33F3O5/c1-6-8-9-10-20-11-14-23(26(15-20)36-29(30,31)32)25-16-21-12-13-22(17-24(21)35-25)34-19(3)18-28(4,5)37-27(33)7-2/h7,11-17,19H,2,6,8-10,18H2,1,3-5H3. The van der Waals surface area contributed by atoms with Gasteiger partial charge in [0.15, 0.2) is 0 Å². The van der Waals surface area contributed by atoms with Gasteiger partial charge < -0.3 is 18.6 Å². The number of carbonyl (C=O) groups is 1. The van der Waals surface area contributed by atoms with E-state index in [1.54, 1.807) is 50.2 Å². The van der Waals surface area contributed by atoms with Crippen molar-refractivity contribution < 1.29 is 36.6 Å². The zero-order chi connectivity index (χ0) is 27.2. The van der Waals surface area contributed by atoms with E-state index >= 15 is 0 Å². The summed E-state index contributed by atoms with van der Waals surface area (Å²) in [7, 11) is 0. The van der Waals surface area contributed by atoms with Crippen molar-refractivity contribution >= 4 is 16.9 Å². The Kier molecular flexibility index (Phi) is 8.94. The van der Waals surface area contributed by atoms with Crippen LogP contribution in [0.4, 0.5) is 13.2 Å². The Morgan fingerprint density at radius 1 is 1.11 bits per heavy atom. The van der Waals surface area contributed by atoms with Crippen LogP contribution in [0, 0.1) is 0 Å². The molecule has 1 unspecified atom stereocenters. The number of fused-ring (bicyclic) bond motifs is 1. The van der Waals surface area contributed by atoms with E-state index in [4.69, 9.17) is 13.9 Å². The van der Waals surface area contributed by atoms with E-state index in [0.717, 1.165) is 30.9 Å². The van der Waals surface area contributed by atoms with Gasteiger partial charge in [0.2, 0.25) is 0 Å². The van der Waals surface area contributed by atoms with Crippen molar-refractivity contribution in [2.24, 2.45) is 0 Å². The summed E-state index contributed by atoms with van der Waals surface area (Å²) < 4.78 is 61.1. The molecule has 0 N–H and O–H groups in total. The average Bonchev–Trinajstić information content (AvgIpc) is 3.20. The predicted octanol–water partition coefficient (Wildman–Crippen LogP) is 8.40. The first-order valence-electron chi connectivity index (χ1n) is 12.3. The fraction of sp³-hybridized carbons (Fsp3) is 0.414. The highest BCUT2D eigenvalue weighted by Gasteiger charge is 2.33. The van der Waals surface area contributed by atoms with Crippen LogP contribution in [0.5, 0.6) is 11.5 Å². The minimum absolute atomic E-state index is 0.217. The SMILES string of the molecule is C=CC(=O)OC(C)(C)CC(C)Oc1ccc2cc(-c3ccc(CCCCC)cc3OC(F)(F)F)oc2c1. The van der Waals surface area contributed by atoms with Crippen LogP contribution in [0.15, 0.2) is 59.5 Å². The highest BCUT2D eigenvalue weighted by Crippen LogP contribution is 2.38. The largest absolute Gasteiger partial charge is 0.573 e. The maximum atomic E-state index is 13.2. The lowest BCUT2D eigenvalue weighted by atomic mass is 10.0. The second kappa shape index (κ2) is 11.8. The monoisotopic (exact) mass is 518 g/mol.